The van der Waals surface area contributed by atoms with Gasteiger partial charge in [-0.1, -0.05) is 69.4 Å². The third kappa shape index (κ3) is 6.02. The lowest BCUT2D eigenvalue weighted by molar-refractivity contribution is -0.111. The van der Waals surface area contributed by atoms with Gasteiger partial charge in [-0.2, -0.15) is 0 Å². The molecular weight excluding hydrogens is 342 g/mol. The van der Waals surface area contributed by atoms with Gasteiger partial charge in [0.1, 0.15) is 6.29 Å². The molecule has 28 heavy (non-hydrogen) atoms. The molecule has 0 bridgehead atoms. The third-order valence-corrected chi connectivity index (χ3v) is 6.29. The molecule has 1 aliphatic carbocycles. The van der Waals surface area contributed by atoms with Gasteiger partial charge in [-0.25, -0.2) is 0 Å². The SMILES string of the molecule is CCCCCCCCc1ccc(-c2ccc(C3CCC(C=O)CC3)cc2)nc1. The average Bonchev–Trinajstić information content (AvgIpc) is 2.77. The number of aromatic nitrogens is 1. The van der Waals surface area contributed by atoms with E-state index in [9.17, 15) is 4.79 Å². The number of carbonyl (C=O) groups is 1. The number of pyridine rings is 1. The second-order valence-electron chi connectivity index (χ2n) is 8.44. The van der Waals surface area contributed by atoms with E-state index in [0.29, 0.717) is 5.92 Å². The van der Waals surface area contributed by atoms with Gasteiger partial charge in [-0.3, -0.25) is 4.98 Å². The Hall–Kier alpha value is -1.96. The molecule has 0 spiro atoms. The molecule has 1 saturated carbocycles. The van der Waals surface area contributed by atoms with Gasteiger partial charge in [-0.05, 0) is 61.6 Å². The van der Waals surface area contributed by atoms with E-state index in [2.05, 4.69) is 49.5 Å². The molecule has 0 unspecified atom stereocenters. The summed E-state index contributed by atoms with van der Waals surface area (Å²) in [6, 6.07) is 13.3. The highest BCUT2D eigenvalue weighted by Gasteiger charge is 2.21. The summed E-state index contributed by atoms with van der Waals surface area (Å²) in [5.41, 5.74) is 5.01. The number of carbonyl (C=O) groups excluding carboxylic acids is 1. The molecule has 0 radical (unpaired) electrons. The first-order valence-electron chi connectivity index (χ1n) is 11.3. The van der Waals surface area contributed by atoms with Gasteiger partial charge >= 0.3 is 0 Å². The summed E-state index contributed by atoms with van der Waals surface area (Å²) in [6.07, 6.45) is 16.7. The van der Waals surface area contributed by atoms with Crippen LogP contribution in [0.4, 0.5) is 0 Å². The van der Waals surface area contributed by atoms with Crippen LogP contribution in [0.1, 0.15) is 88.2 Å². The zero-order valence-corrected chi connectivity index (χ0v) is 17.4. The van der Waals surface area contributed by atoms with Crippen LogP contribution < -0.4 is 0 Å². The minimum Gasteiger partial charge on any atom is -0.303 e. The van der Waals surface area contributed by atoms with Gasteiger partial charge in [0, 0.05) is 17.7 Å². The molecule has 2 nitrogen and oxygen atoms in total. The standard InChI is InChI=1S/C26H35NO/c1-2-3-4-5-6-7-8-21-11-18-26(27-19-21)25-16-14-24(15-17-25)23-12-9-22(20-28)10-13-23/h11,14-20,22-23H,2-10,12-13H2,1H3. The molecule has 2 heteroatoms. The predicted molar refractivity (Wildman–Crippen MR) is 118 cm³/mol. The summed E-state index contributed by atoms with van der Waals surface area (Å²) in [6.45, 7) is 2.26. The second kappa shape index (κ2) is 11.1. The number of aldehydes is 1. The Morgan fingerprint density at radius 3 is 2.25 bits per heavy atom. The lowest BCUT2D eigenvalue weighted by Gasteiger charge is -2.25. The fraction of sp³-hybridized carbons (Fsp3) is 0.538. The van der Waals surface area contributed by atoms with Crippen LogP contribution in [-0.4, -0.2) is 11.3 Å². The van der Waals surface area contributed by atoms with Gasteiger partial charge in [-0.15, -0.1) is 0 Å². The van der Waals surface area contributed by atoms with E-state index in [1.165, 1.54) is 55.2 Å². The third-order valence-electron chi connectivity index (χ3n) is 6.29. The Morgan fingerprint density at radius 1 is 0.893 bits per heavy atom. The zero-order chi connectivity index (χ0) is 19.6. The van der Waals surface area contributed by atoms with Crippen molar-refractivity contribution in [1.29, 1.82) is 0 Å². The highest BCUT2D eigenvalue weighted by molar-refractivity contribution is 5.59. The number of rotatable bonds is 10. The molecule has 2 aromatic rings. The van der Waals surface area contributed by atoms with Gasteiger partial charge in [0.05, 0.1) is 5.69 Å². The lowest BCUT2D eigenvalue weighted by atomic mass is 9.79. The Labute approximate surface area is 170 Å². The molecule has 1 fully saturated rings. The quantitative estimate of drug-likeness (QED) is 0.326. The smallest absolute Gasteiger partial charge is 0.123 e. The van der Waals surface area contributed by atoms with Gasteiger partial charge < -0.3 is 4.79 Å². The molecule has 1 aromatic heterocycles. The van der Waals surface area contributed by atoms with Crippen molar-refractivity contribution in [2.75, 3.05) is 0 Å². The maximum atomic E-state index is 10.9. The minimum absolute atomic E-state index is 0.287. The van der Waals surface area contributed by atoms with E-state index < -0.39 is 0 Å². The molecule has 1 heterocycles. The predicted octanol–water partition coefficient (Wildman–Crippen LogP) is 7.12. The van der Waals surface area contributed by atoms with Crippen molar-refractivity contribution in [3.05, 3.63) is 53.7 Å². The summed E-state index contributed by atoms with van der Waals surface area (Å²) in [5.74, 6) is 0.896. The van der Waals surface area contributed by atoms with Crippen molar-refractivity contribution in [3.8, 4) is 11.3 Å². The summed E-state index contributed by atoms with van der Waals surface area (Å²) in [5, 5.41) is 0. The van der Waals surface area contributed by atoms with Crippen LogP contribution in [-0.2, 0) is 11.2 Å². The maximum Gasteiger partial charge on any atom is 0.123 e. The Balaban J connectivity index is 1.49. The largest absolute Gasteiger partial charge is 0.303 e. The van der Waals surface area contributed by atoms with E-state index in [4.69, 9.17) is 4.98 Å². The summed E-state index contributed by atoms with van der Waals surface area (Å²) < 4.78 is 0. The van der Waals surface area contributed by atoms with Gasteiger partial charge in [0.2, 0.25) is 0 Å². The second-order valence-corrected chi connectivity index (χ2v) is 8.44. The Morgan fingerprint density at radius 2 is 1.61 bits per heavy atom. The highest BCUT2D eigenvalue weighted by atomic mass is 16.1. The first kappa shape index (κ1) is 20.8. The first-order chi connectivity index (χ1) is 13.8. The number of nitrogens with zero attached hydrogens (tertiary/aromatic N) is 1. The molecule has 0 aliphatic heterocycles. The molecule has 0 amide bonds. The van der Waals surface area contributed by atoms with Crippen molar-refractivity contribution in [2.45, 2.75) is 83.5 Å². The number of hydrogen-bond acceptors (Lipinski definition) is 2. The van der Waals surface area contributed by atoms with E-state index >= 15 is 0 Å². The molecular formula is C26H35NO. The van der Waals surface area contributed by atoms with E-state index in [1.54, 1.807) is 0 Å². The fourth-order valence-corrected chi connectivity index (χ4v) is 4.37. The van der Waals surface area contributed by atoms with Crippen LogP contribution in [0, 0.1) is 5.92 Å². The van der Waals surface area contributed by atoms with Crippen molar-refractivity contribution in [1.82, 2.24) is 4.98 Å². The van der Waals surface area contributed by atoms with Crippen molar-refractivity contribution in [3.63, 3.8) is 0 Å². The number of benzene rings is 1. The Kier molecular flexibility index (Phi) is 8.26. The average molecular weight is 378 g/mol. The van der Waals surface area contributed by atoms with E-state index in [-0.39, 0.29) is 5.92 Å². The molecule has 0 saturated heterocycles. The monoisotopic (exact) mass is 377 g/mol. The summed E-state index contributed by atoms with van der Waals surface area (Å²) in [4.78, 5) is 15.6. The van der Waals surface area contributed by atoms with Crippen LogP contribution in [0.5, 0.6) is 0 Å². The molecule has 1 aromatic carbocycles. The van der Waals surface area contributed by atoms with Crippen LogP contribution in [0.25, 0.3) is 11.3 Å². The highest BCUT2D eigenvalue weighted by Crippen LogP contribution is 2.35. The van der Waals surface area contributed by atoms with Crippen molar-refractivity contribution >= 4 is 6.29 Å². The van der Waals surface area contributed by atoms with Crippen LogP contribution in [0.2, 0.25) is 0 Å². The normalized spacial score (nSPS) is 19.5. The molecule has 1 aliphatic rings. The van der Waals surface area contributed by atoms with Crippen LogP contribution >= 0.6 is 0 Å². The fourth-order valence-electron chi connectivity index (χ4n) is 4.37. The van der Waals surface area contributed by atoms with Crippen LogP contribution in [0.15, 0.2) is 42.6 Å². The number of hydrogen-bond donors (Lipinski definition) is 0. The molecule has 0 N–H and O–H groups in total. The first-order valence-corrected chi connectivity index (χ1v) is 11.3. The molecule has 150 valence electrons. The lowest BCUT2D eigenvalue weighted by Crippen LogP contribution is -2.14. The van der Waals surface area contributed by atoms with Crippen LogP contribution in [0.3, 0.4) is 0 Å². The molecule has 0 atom stereocenters. The van der Waals surface area contributed by atoms with E-state index in [1.807, 2.05) is 0 Å². The summed E-state index contributed by atoms with van der Waals surface area (Å²) in [7, 11) is 0. The van der Waals surface area contributed by atoms with Gasteiger partial charge in [0.25, 0.3) is 0 Å². The number of aryl methyl sites for hydroxylation is 1. The minimum atomic E-state index is 0.287. The topological polar surface area (TPSA) is 30.0 Å². The van der Waals surface area contributed by atoms with Gasteiger partial charge in [0.15, 0.2) is 0 Å². The summed E-state index contributed by atoms with van der Waals surface area (Å²) >= 11 is 0. The number of unbranched alkanes of at least 4 members (excludes halogenated alkanes) is 5. The van der Waals surface area contributed by atoms with Crippen molar-refractivity contribution < 1.29 is 4.79 Å². The van der Waals surface area contributed by atoms with E-state index in [0.717, 1.165) is 44.1 Å². The van der Waals surface area contributed by atoms with Crippen molar-refractivity contribution in [2.24, 2.45) is 5.92 Å². The Bertz CT molecular complexity index is 696. The molecule has 3 rings (SSSR count). The maximum absolute atomic E-state index is 10.9. The zero-order valence-electron chi connectivity index (χ0n) is 17.4.